The molecule has 6 heteroatoms. The van der Waals surface area contributed by atoms with Gasteiger partial charge >= 0.3 is 0 Å². The third-order valence-corrected chi connectivity index (χ3v) is 3.38. The van der Waals surface area contributed by atoms with Crippen LogP contribution in [0.15, 0.2) is 6.07 Å². The molecule has 0 saturated carbocycles. The average Bonchev–Trinajstić information content (AvgIpc) is 2.24. The van der Waals surface area contributed by atoms with Crippen molar-refractivity contribution in [3.05, 3.63) is 17.5 Å². The lowest BCUT2D eigenvalue weighted by molar-refractivity contribution is 0.678. The molecule has 0 amide bonds. The number of nitrogens with one attached hydrogen (secondary N) is 1. The second-order valence-corrected chi connectivity index (χ2v) is 5.32. The fourth-order valence-electron chi connectivity index (χ4n) is 1.06. The summed E-state index contributed by atoms with van der Waals surface area (Å²) in [5.41, 5.74) is 1.07. The quantitative estimate of drug-likeness (QED) is 0.840. The fraction of sp³-hybridized carbons (Fsp3) is 0.500. The predicted octanol–water partition coefficient (Wildman–Crippen LogP) is 0.836. The van der Waals surface area contributed by atoms with Crippen molar-refractivity contribution in [2.75, 3.05) is 18.1 Å². The molecule has 5 nitrogen and oxygen atoms in total. The van der Waals surface area contributed by atoms with Crippen LogP contribution in [0, 0.1) is 18.3 Å². The minimum Gasteiger partial charge on any atom is -0.353 e. The molecule has 1 rings (SSSR count). The highest BCUT2D eigenvalue weighted by atomic mass is 32.2. The molecule has 16 heavy (non-hydrogen) atoms. The molecule has 2 atom stereocenters. The summed E-state index contributed by atoms with van der Waals surface area (Å²) in [6.45, 7) is 4.21. The lowest BCUT2D eigenvalue weighted by atomic mass is 10.3. The number of aromatic nitrogens is 2. The van der Waals surface area contributed by atoms with E-state index < -0.39 is 10.8 Å². The molecule has 0 radical (unpaired) electrons. The van der Waals surface area contributed by atoms with Gasteiger partial charge in [-0.1, -0.05) is 0 Å². The average molecular weight is 238 g/mol. The van der Waals surface area contributed by atoms with Gasteiger partial charge in [0.25, 0.3) is 0 Å². The lowest BCUT2D eigenvalue weighted by Gasteiger charge is -2.10. The van der Waals surface area contributed by atoms with E-state index in [1.54, 1.807) is 19.2 Å². The molecule has 86 valence electrons. The van der Waals surface area contributed by atoms with Crippen molar-refractivity contribution < 1.29 is 4.21 Å². The third kappa shape index (κ3) is 3.59. The van der Waals surface area contributed by atoms with Crippen LogP contribution < -0.4 is 5.32 Å². The smallest absolute Gasteiger partial charge is 0.224 e. The second-order valence-electron chi connectivity index (χ2n) is 3.52. The topological polar surface area (TPSA) is 78.7 Å². The van der Waals surface area contributed by atoms with Gasteiger partial charge in [-0.15, -0.1) is 0 Å². The molecule has 0 aromatic carbocycles. The summed E-state index contributed by atoms with van der Waals surface area (Å²) in [6.07, 6.45) is 1.66. The van der Waals surface area contributed by atoms with E-state index in [9.17, 15) is 4.21 Å². The first-order valence-electron chi connectivity index (χ1n) is 4.85. The number of nitriles is 1. The Hall–Kier alpha value is -1.48. The number of hydrogen-bond acceptors (Lipinski definition) is 5. The summed E-state index contributed by atoms with van der Waals surface area (Å²) in [7, 11) is -0.880. The van der Waals surface area contributed by atoms with E-state index in [-0.39, 0.29) is 5.25 Å². The van der Waals surface area contributed by atoms with E-state index in [1.807, 2.05) is 13.0 Å². The van der Waals surface area contributed by atoms with Gasteiger partial charge in [0.1, 0.15) is 11.8 Å². The van der Waals surface area contributed by atoms with Crippen molar-refractivity contribution in [1.82, 2.24) is 9.97 Å². The summed E-state index contributed by atoms with van der Waals surface area (Å²) in [5.74, 6) is 0.411. The molecule has 0 aliphatic carbocycles. The van der Waals surface area contributed by atoms with Crippen molar-refractivity contribution in [3.8, 4) is 6.07 Å². The molecule has 0 aliphatic rings. The van der Waals surface area contributed by atoms with Gasteiger partial charge in [-0.3, -0.25) is 4.21 Å². The van der Waals surface area contributed by atoms with Crippen molar-refractivity contribution in [1.29, 1.82) is 5.26 Å². The van der Waals surface area contributed by atoms with Crippen molar-refractivity contribution in [2.45, 2.75) is 19.1 Å². The normalized spacial score (nSPS) is 13.9. The Morgan fingerprint density at radius 2 is 2.31 bits per heavy atom. The standard InChI is InChI=1S/C10H14N4OS/c1-7-4-9(5-11)14-10(13-7)12-6-8(2)16(3)15/h4,8H,6H2,1-3H3,(H,12,13,14). The number of nitrogens with zero attached hydrogens (tertiary/aromatic N) is 3. The molecule has 1 heterocycles. The largest absolute Gasteiger partial charge is 0.353 e. The summed E-state index contributed by atoms with van der Waals surface area (Å²) in [6, 6.07) is 3.59. The summed E-state index contributed by atoms with van der Waals surface area (Å²) < 4.78 is 11.1. The van der Waals surface area contributed by atoms with Crippen molar-refractivity contribution in [2.24, 2.45) is 0 Å². The lowest BCUT2D eigenvalue weighted by Crippen LogP contribution is -2.21. The van der Waals surface area contributed by atoms with Crippen molar-refractivity contribution >= 4 is 16.7 Å². The third-order valence-electron chi connectivity index (χ3n) is 2.08. The Morgan fingerprint density at radius 3 is 2.88 bits per heavy atom. The van der Waals surface area contributed by atoms with Crippen LogP contribution in [0.3, 0.4) is 0 Å². The maximum absolute atomic E-state index is 11.1. The van der Waals surface area contributed by atoms with Gasteiger partial charge in [0.05, 0.1) is 0 Å². The second kappa shape index (κ2) is 5.56. The van der Waals surface area contributed by atoms with Crippen LogP contribution in [0.4, 0.5) is 5.95 Å². The van der Waals surface area contributed by atoms with E-state index in [4.69, 9.17) is 5.26 Å². The summed E-state index contributed by atoms with van der Waals surface area (Å²) in [4.78, 5) is 8.14. The van der Waals surface area contributed by atoms with Gasteiger partial charge in [0, 0.05) is 34.5 Å². The van der Waals surface area contributed by atoms with E-state index in [2.05, 4.69) is 15.3 Å². The molecule has 1 aromatic heterocycles. The molecule has 0 spiro atoms. The van der Waals surface area contributed by atoms with Crippen LogP contribution in [0.2, 0.25) is 0 Å². The van der Waals surface area contributed by atoms with Crippen LogP contribution in [0.5, 0.6) is 0 Å². The van der Waals surface area contributed by atoms with Crippen LogP contribution in [0.1, 0.15) is 18.3 Å². The van der Waals surface area contributed by atoms with E-state index in [0.717, 1.165) is 5.69 Å². The van der Waals surface area contributed by atoms with Gasteiger partial charge < -0.3 is 5.32 Å². The van der Waals surface area contributed by atoms with Crippen LogP contribution >= 0.6 is 0 Å². The number of anilines is 1. The fourth-order valence-corrected chi connectivity index (χ4v) is 1.38. The van der Waals surface area contributed by atoms with Gasteiger partial charge in [-0.2, -0.15) is 5.26 Å². The maximum Gasteiger partial charge on any atom is 0.224 e. The first-order valence-corrected chi connectivity index (χ1v) is 6.47. The summed E-state index contributed by atoms with van der Waals surface area (Å²) in [5, 5.41) is 11.7. The molecular formula is C10H14N4OS. The van der Waals surface area contributed by atoms with Gasteiger partial charge in [0.2, 0.25) is 5.95 Å². The van der Waals surface area contributed by atoms with Crippen LogP contribution in [-0.4, -0.2) is 32.2 Å². The molecule has 1 aromatic rings. The Bertz CT molecular complexity index is 441. The maximum atomic E-state index is 11.1. The monoisotopic (exact) mass is 238 g/mol. The predicted molar refractivity (Wildman–Crippen MR) is 63.5 cm³/mol. The number of rotatable bonds is 4. The zero-order valence-electron chi connectivity index (χ0n) is 9.52. The Morgan fingerprint density at radius 1 is 1.62 bits per heavy atom. The highest BCUT2D eigenvalue weighted by Gasteiger charge is 2.07. The van der Waals surface area contributed by atoms with E-state index >= 15 is 0 Å². The molecule has 0 aliphatic heterocycles. The Balaban J connectivity index is 2.71. The molecule has 0 fully saturated rings. The molecular weight excluding hydrogens is 224 g/mol. The SMILES string of the molecule is Cc1cc(C#N)nc(NCC(C)S(C)=O)n1. The zero-order valence-corrected chi connectivity index (χ0v) is 10.3. The first-order chi connectivity index (χ1) is 7.52. The summed E-state index contributed by atoms with van der Waals surface area (Å²) >= 11 is 0. The van der Waals surface area contributed by atoms with E-state index in [0.29, 0.717) is 18.2 Å². The van der Waals surface area contributed by atoms with Crippen molar-refractivity contribution in [3.63, 3.8) is 0 Å². The van der Waals surface area contributed by atoms with Gasteiger partial charge in [-0.25, -0.2) is 9.97 Å². The highest BCUT2D eigenvalue weighted by Crippen LogP contribution is 2.04. The van der Waals surface area contributed by atoms with E-state index in [1.165, 1.54) is 0 Å². The minimum absolute atomic E-state index is 0.0228. The molecule has 2 unspecified atom stereocenters. The van der Waals surface area contributed by atoms with Gasteiger partial charge in [-0.05, 0) is 19.9 Å². The Labute approximate surface area is 97.4 Å². The Kier molecular flexibility index (Phi) is 4.38. The van der Waals surface area contributed by atoms with Gasteiger partial charge in [0.15, 0.2) is 0 Å². The molecule has 1 N–H and O–H groups in total. The zero-order chi connectivity index (χ0) is 12.1. The number of aryl methyl sites for hydroxylation is 1. The molecule has 0 bridgehead atoms. The number of hydrogen-bond donors (Lipinski definition) is 1. The van der Waals surface area contributed by atoms with Crippen LogP contribution in [0.25, 0.3) is 0 Å². The first kappa shape index (κ1) is 12.6. The molecule has 0 saturated heterocycles. The highest BCUT2D eigenvalue weighted by molar-refractivity contribution is 7.84. The van der Waals surface area contributed by atoms with Crippen LogP contribution in [-0.2, 0) is 10.8 Å². The minimum atomic E-state index is -0.880.